The third-order valence-corrected chi connectivity index (χ3v) is 4.93. The number of aliphatic hydroxyl groups excluding tert-OH is 1. The van der Waals surface area contributed by atoms with Crippen LogP contribution >= 0.6 is 0 Å². The molecule has 1 N–H and O–H groups in total. The molecule has 1 aliphatic heterocycles. The molecule has 0 saturated carbocycles. The van der Waals surface area contributed by atoms with Crippen LogP contribution in [0.15, 0.2) is 66.9 Å². The number of methoxy groups -OCH3 is 1. The average molecular weight is 392 g/mol. The minimum atomic E-state index is -0.0687. The van der Waals surface area contributed by atoms with E-state index in [1.54, 1.807) is 13.3 Å². The molecule has 4 rings (SSSR count). The van der Waals surface area contributed by atoms with Gasteiger partial charge in [-0.25, -0.2) is 4.98 Å². The molecule has 1 aromatic heterocycles. The van der Waals surface area contributed by atoms with Crippen molar-refractivity contribution in [1.29, 1.82) is 0 Å². The minimum absolute atomic E-state index is 0.0687. The fourth-order valence-electron chi connectivity index (χ4n) is 3.52. The van der Waals surface area contributed by atoms with Gasteiger partial charge in [-0.15, -0.1) is 0 Å². The van der Waals surface area contributed by atoms with E-state index in [0.717, 1.165) is 30.8 Å². The third-order valence-electron chi connectivity index (χ3n) is 4.93. The molecule has 2 aromatic carbocycles. The summed E-state index contributed by atoms with van der Waals surface area (Å²) in [6, 6.07) is 18.9. The van der Waals surface area contributed by atoms with E-state index >= 15 is 0 Å². The van der Waals surface area contributed by atoms with Crippen LogP contribution in [0, 0.1) is 0 Å². The summed E-state index contributed by atoms with van der Waals surface area (Å²) in [6.45, 7) is 1.54. The van der Waals surface area contributed by atoms with Crippen LogP contribution in [0.2, 0.25) is 0 Å². The monoisotopic (exact) mass is 392 g/mol. The van der Waals surface area contributed by atoms with Gasteiger partial charge < -0.3 is 24.2 Å². The molecule has 0 aliphatic carbocycles. The molecule has 0 radical (unpaired) electrons. The van der Waals surface area contributed by atoms with Crippen LogP contribution in [0.3, 0.4) is 0 Å². The van der Waals surface area contributed by atoms with Crippen LogP contribution in [0.25, 0.3) is 0 Å². The van der Waals surface area contributed by atoms with Gasteiger partial charge in [0.25, 0.3) is 0 Å². The number of pyridine rings is 1. The lowest BCUT2D eigenvalue weighted by Gasteiger charge is -2.22. The largest absolute Gasteiger partial charge is 0.493 e. The molecular weight excluding hydrogens is 368 g/mol. The van der Waals surface area contributed by atoms with Crippen molar-refractivity contribution in [3.63, 3.8) is 0 Å². The fourth-order valence-corrected chi connectivity index (χ4v) is 3.52. The Morgan fingerprint density at radius 1 is 1.07 bits per heavy atom. The van der Waals surface area contributed by atoms with Crippen molar-refractivity contribution in [1.82, 2.24) is 4.98 Å². The second-order valence-corrected chi connectivity index (χ2v) is 6.84. The Balaban J connectivity index is 1.47. The molecular formula is C23H24N2O4. The zero-order valence-corrected chi connectivity index (χ0v) is 16.3. The molecule has 0 amide bonds. The second-order valence-electron chi connectivity index (χ2n) is 6.84. The molecule has 0 bridgehead atoms. The highest BCUT2D eigenvalue weighted by Crippen LogP contribution is 2.34. The van der Waals surface area contributed by atoms with Crippen molar-refractivity contribution < 1.29 is 19.3 Å². The SMILES string of the molecule is COc1ccccc1Oc1ccc(N2CC[C@H](Oc3ccccn3)C2)c(CO)c1. The molecule has 29 heavy (non-hydrogen) atoms. The first-order valence-corrected chi connectivity index (χ1v) is 9.64. The Morgan fingerprint density at radius 2 is 1.90 bits per heavy atom. The second kappa shape index (κ2) is 8.84. The van der Waals surface area contributed by atoms with E-state index in [2.05, 4.69) is 9.88 Å². The lowest BCUT2D eigenvalue weighted by molar-refractivity contribution is 0.216. The molecule has 1 aliphatic rings. The molecule has 2 heterocycles. The number of aromatic nitrogens is 1. The zero-order valence-electron chi connectivity index (χ0n) is 16.3. The van der Waals surface area contributed by atoms with Crippen molar-refractivity contribution in [2.75, 3.05) is 25.1 Å². The first kappa shape index (κ1) is 19.1. The molecule has 0 spiro atoms. The average Bonchev–Trinajstić information content (AvgIpc) is 3.23. The molecule has 6 nitrogen and oxygen atoms in total. The normalized spacial score (nSPS) is 15.9. The van der Waals surface area contributed by atoms with Crippen molar-refractivity contribution >= 4 is 5.69 Å². The Morgan fingerprint density at radius 3 is 2.66 bits per heavy atom. The standard InChI is InChI=1S/C23H24N2O4/c1-27-21-6-2-3-7-22(21)28-18-9-10-20(17(14-18)16-26)25-13-11-19(15-25)29-23-8-4-5-12-24-23/h2-10,12,14,19,26H,11,13,15-16H2,1H3/t19-/m0/s1. The van der Waals surface area contributed by atoms with Gasteiger partial charge in [0.15, 0.2) is 11.5 Å². The Kier molecular flexibility index (Phi) is 5.81. The number of anilines is 1. The van der Waals surface area contributed by atoms with E-state index in [1.807, 2.05) is 60.7 Å². The Hall–Kier alpha value is -3.25. The number of nitrogens with zero attached hydrogens (tertiary/aromatic N) is 2. The van der Waals surface area contributed by atoms with Crippen LogP contribution in [-0.4, -0.2) is 36.4 Å². The van der Waals surface area contributed by atoms with E-state index in [9.17, 15) is 5.11 Å². The van der Waals surface area contributed by atoms with Crippen molar-refractivity contribution in [3.8, 4) is 23.1 Å². The molecule has 1 saturated heterocycles. The van der Waals surface area contributed by atoms with Gasteiger partial charge in [-0.2, -0.15) is 0 Å². The summed E-state index contributed by atoms with van der Waals surface area (Å²) in [5, 5.41) is 9.92. The van der Waals surface area contributed by atoms with Crippen LogP contribution in [0.1, 0.15) is 12.0 Å². The highest BCUT2D eigenvalue weighted by atomic mass is 16.5. The predicted molar refractivity (Wildman–Crippen MR) is 111 cm³/mol. The van der Waals surface area contributed by atoms with Crippen molar-refractivity contribution in [2.24, 2.45) is 0 Å². The number of hydrogen-bond donors (Lipinski definition) is 1. The maximum atomic E-state index is 9.92. The summed E-state index contributed by atoms with van der Waals surface area (Å²) >= 11 is 0. The van der Waals surface area contributed by atoms with Gasteiger partial charge in [-0.05, 0) is 36.4 Å². The summed E-state index contributed by atoms with van der Waals surface area (Å²) in [5.74, 6) is 2.60. The number of benzene rings is 2. The van der Waals surface area contributed by atoms with Crippen molar-refractivity contribution in [2.45, 2.75) is 19.1 Å². The first-order valence-electron chi connectivity index (χ1n) is 9.64. The molecule has 0 unspecified atom stereocenters. The smallest absolute Gasteiger partial charge is 0.213 e. The maximum Gasteiger partial charge on any atom is 0.213 e. The molecule has 1 fully saturated rings. The summed E-state index contributed by atoms with van der Waals surface area (Å²) in [4.78, 5) is 6.46. The number of ether oxygens (including phenoxy) is 3. The molecule has 150 valence electrons. The van der Waals surface area contributed by atoms with Crippen LogP contribution in [0.5, 0.6) is 23.1 Å². The number of rotatable bonds is 7. The van der Waals surface area contributed by atoms with E-state index in [-0.39, 0.29) is 12.7 Å². The molecule has 6 heteroatoms. The lowest BCUT2D eigenvalue weighted by atomic mass is 10.1. The summed E-state index contributed by atoms with van der Waals surface area (Å²) < 4.78 is 17.3. The minimum Gasteiger partial charge on any atom is -0.493 e. The number of para-hydroxylation sites is 2. The van der Waals surface area contributed by atoms with Gasteiger partial charge in [0, 0.05) is 36.5 Å². The van der Waals surface area contributed by atoms with E-state index in [0.29, 0.717) is 23.1 Å². The third kappa shape index (κ3) is 4.43. The van der Waals surface area contributed by atoms with Crippen LogP contribution in [-0.2, 0) is 6.61 Å². The highest BCUT2D eigenvalue weighted by molar-refractivity contribution is 5.58. The van der Waals surface area contributed by atoms with Gasteiger partial charge in [-0.3, -0.25) is 0 Å². The summed E-state index contributed by atoms with van der Waals surface area (Å²) in [6.07, 6.45) is 2.70. The summed E-state index contributed by atoms with van der Waals surface area (Å²) in [5.41, 5.74) is 1.81. The van der Waals surface area contributed by atoms with Gasteiger partial charge in [0.1, 0.15) is 11.9 Å². The fraction of sp³-hybridized carbons (Fsp3) is 0.261. The van der Waals surface area contributed by atoms with E-state index < -0.39 is 0 Å². The quantitative estimate of drug-likeness (QED) is 0.655. The van der Waals surface area contributed by atoms with Gasteiger partial charge in [0.2, 0.25) is 5.88 Å². The van der Waals surface area contributed by atoms with E-state index in [1.165, 1.54) is 0 Å². The highest BCUT2D eigenvalue weighted by Gasteiger charge is 2.26. The maximum absolute atomic E-state index is 9.92. The number of hydrogen-bond acceptors (Lipinski definition) is 6. The van der Waals surface area contributed by atoms with Crippen molar-refractivity contribution in [3.05, 3.63) is 72.4 Å². The topological polar surface area (TPSA) is 64.1 Å². The molecule has 1 atom stereocenters. The van der Waals surface area contributed by atoms with E-state index in [4.69, 9.17) is 14.2 Å². The molecule has 3 aromatic rings. The Labute approximate surface area is 170 Å². The van der Waals surface area contributed by atoms with Crippen LogP contribution < -0.4 is 19.1 Å². The zero-order chi connectivity index (χ0) is 20.1. The summed E-state index contributed by atoms with van der Waals surface area (Å²) in [7, 11) is 1.61. The van der Waals surface area contributed by atoms with Gasteiger partial charge in [-0.1, -0.05) is 18.2 Å². The van der Waals surface area contributed by atoms with Gasteiger partial charge in [0.05, 0.1) is 20.3 Å². The van der Waals surface area contributed by atoms with Crippen LogP contribution in [0.4, 0.5) is 5.69 Å². The van der Waals surface area contributed by atoms with Gasteiger partial charge >= 0.3 is 0 Å². The number of aliphatic hydroxyl groups is 1. The first-order chi connectivity index (χ1) is 14.3. The lowest BCUT2D eigenvalue weighted by Crippen LogP contribution is -2.25. The Bertz CT molecular complexity index is 949. The predicted octanol–water partition coefficient (Wildman–Crippen LogP) is 4.03.